The summed E-state index contributed by atoms with van der Waals surface area (Å²) in [4.78, 5) is 2.52. The molecule has 1 aliphatic carbocycles. The summed E-state index contributed by atoms with van der Waals surface area (Å²) in [6.07, 6.45) is 2.64. The molecule has 0 bridgehead atoms. The molecule has 2 aliphatic rings. The number of hydrogen-bond donors (Lipinski definition) is 1. The zero-order valence-electron chi connectivity index (χ0n) is 7.87. The van der Waals surface area contributed by atoms with Gasteiger partial charge < -0.3 is 10.0 Å². The van der Waals surface area contributed by atoms with Gasteiger partial charge in [-0.15, -0.1) is 0 Å². The van der Waals surface area contributed by atoms with E-state index in [1.54, 1.807) is 0 Å². The molecule has 0 aromatic rings. The third-order valence-electron chi connectivity index (χ3n) is 3.40. The molecule has 1 saturated heterocycles. The third-order valence-corrected chi connectivity index (χ3v) is 3.40. The Balaban J connectivity index is 1.69. The van der Waals surface area contributed by atoms with Gasteiger partial charge in [-0.1, -0.05) is 6.92 Å². The van der Waals surface area contributed by atoms with Gasteiger partial charge in [0.1, 0.15) is 0 Å². The summed E-state index contributed by atoms with van der Waals surface area (Å²) in [5.41, 5.74) is 0. The van der Waals surface area contributed by atoms with Crippen LogP contribution in [-0.2, 0) is 0 Å². The van der Waals surface area contributed by atoms with Gasteiger partial charge in [0.05, 0.1) is 0 Å². The SMILES string of the molecule is CC1CC1CN1CC[C@@H](CO)C1. The maximum atomic E-state index is 8.96. The first-order chi connectivity index (χ1) is 5.79. The van der Waals surface area contributed by atoms with E-state index in [0.29, 0.717) is 12.5 Å². The summed E-state index contributed by atoms with van der Waals surface area (Å²) < 4.78 is 0. The van der Waals surface area contributed by atoms with E-state index in [1.807, 2.05) is 0 Å². The van der Waals surface area contributed by atoms with Crippen molar-refractivity contribution in [2.45, 2.75) is 19.8 Å². The number of likely N-dealkylation sites (tertiary alicyclic amines) is 1. The Hall–Kier alpha value is -0.0800. The molecular formula is C10H19NO. The summed E-state index contributed by atoms with van der Waals surface area (Å²) >= 11 is 0. The normalized spacial score (nSPS) is 42.0. The molecule has 0 radical (unpaired) electrons. The van der Waals surface area contributed by atoms with E-state index in [4.69, 9.17) is 5.11 Å². The standard InChI is InChI=1S/C10H19NO/c1-8-4-10(8)6-11-3-2-9(5-11)7-12/h8-10,12H,2-7H2,1H3/t8?,9-,10?/m1/s1. The smallest absolute Gasteiger partial charge is 0.0471 e. The zero-order valence-corrected chi connectivity index (χ0v) is 7.87. The highest BCUT2D eigenvalue weighted by Gasteiger charge is 2.35. The molecule has 2 heteroatoms. The second kappa shape index (κ2) is 3.35. The summed E-state index contributed by atoms with van der Waals surface area (Å²) in [5, 5.41) is 8.96. The molecule has 0 aromatic carbocycles. The van der Waals surface area contributed by atoms with Crippen molar-refractivity contribution in [1.29, 1.82) is 0 Å². The van der Waals surface area contributed by atoms with Gasteiger partial charge in [-0.05, 0) is 37.1 Å². The molecule has 70 valence electrons. The molecule has 2 rings (SSSR count). The lowest BCUT2D eigenvalue weighted by molar-refractivity contribution is 0.219. The first kappa shape index (κ1) is 8.52. The number of aliphatic hydroxyl groups excluding tert-OH is 1. The van der Waals surface area contributed by atoms with Crippen LogP contribution >= 0.6 is 0 Å². The molecule has 2 nitrogen and oxygen atoms in total. The van der Waals surface area contributed by atoms with Gasteiger partial charge in [0, 0.05) is 19.7 Å². The second-order valence-corrected chi connectivity index (χ2v) is 4.57. The van der Waals surface area contributed by atoms with E-state index in [1.165, 1.54) is 25.9 Å². The van der Waals surface area contributed by atoms with E-state index < -0.39 is 0 Å². The lowest BCUT2D eigenvalue weighted by atomic mass is 10.1. The largest absolute Gasteiger partial charge is 0.396 e. The molecule has 0 aromatic heterocycles. The monoisotopic (exact) mass is 169 g/mol. The van der Waals surface area contributed by atoms with Crippen molar-refractivity contribution in [3.05, 3.63) is 0 Å². The third kappa shape index (κ3) is 1.80. The highest BCUT2D eigenvalue weighted by molar-refractivity contribution is 4.87. The predicted molar refractivity (Wildman–Crippen MR) is 48.9 cm³/mol. The molecule has 1 aliphatic heterocycles. The highest BCUT2D eigenvalue weighted by Crippen LogP contribution is 2.38. The molecule has 2 fully saturated rings. The Morgan fingerprint density at radius 1 is 1.50 bits per heavy atom. The van der Waals surface area contributed by atoms with Crippen LogP contribution in [0.25, 0.3) is 0 Å². The van der Waals surface area contributed by atoms with Crippen molar-refractivity contribution in [1.82, 2.24) is 4.90 Å². The number of nitrogens with zero attached hydrogens (tertiary/aromatic N) is 1. The van der Waals surface area contributed by atoms with E-state index in [2.05, 4.69) is 11.8 Å². The molecule has 1 N–H and O–H groups in total. The van der Waals surface area contributed by atoms with Crippen LogP contribution in [-0.4, -0.2) is 36.2 Å². The van der Waals surface area contributed by atoms with E-state index >= 15 is 0 Å². The van der Waals surface area contributed by atoms with Crippen LogP contribution in [0.5, 0.6) is 0 Å². The molecule has 0 amide bonds. The van der Waals surface area contributed by atoms with Crippen LogP contribution < -0.4 is 0 Å². The minimum absolute atomic E-state index is 0.386. The van der Waals surface area contributed by atoms with Crippen molar-refractivity contribution in [3.8, 4) is 0 Å². The quantitative estimate of drug-likeness (QED) is 0.680. The summed E-state index contributed by atoms with van der Waals surface area (Å²) in [6, 6.07) is 0. The van der Waals surface area contributed by atoms with Gasteiger partial charge in [0.15, 0.2) is 0 Å². The lowest BCUT2D eigenvalue weighted by Crippen LogP contribution is -2.24. The first-order valence-electron chi connectivity index (χ1n) is 5.13. The average Bonchev–Trinajstić information content (AvgIpc) is 2.61. The maximum Gasteiger partial charge on any atom is 0.0471 e. The highest BCUT2D eigenvalue weighted by atomic mass is 16.3. The molecule has 3 atom stereocenters. The fourth-order valence-corrected chi connectivity index (χ4v) is 2.21. The van der Waals surface area contributed by atoms with Crippen LogP contribution in [0.4, 0.5) is 0 Å². The van der Waals surface area contributed by atoms with E-state index in [0.717, 1.165) is 18.4 Å². The minimum atomic E-state index is 0.386. The zero-order chi connectivity index (χ0) is 8.55. The fourth-order valence-electron chi connectivity index (χ4n) is 2.21. The van der Waals surface area contributed by atoms with Gasteiger partial charge in [0.2, 0.25) is 0 Å². The maximum absolute atomic E-state index is 8.96. The van der Waals surface area contributed by atoms with Crippen molar-refractivity contribution >= 4 is 0 Å². The molecule has 2 unspecified atom stereocenters. The van der Waals surface area contributed by atoms with Gasteiger partial charge in [-0.2, -0.15) is 0 Å². The number of hydrogen-bond acceptors (Lipinski definition) is 2. The van der Waals surface area contributed by atoms with Gasteiger partial charge in [0.25, 0.3) is 0 Å². The van der Waals surface area contributed by atoms with Crippen molar-refractivity contribution < 1.29 is 5.11 Å². The van der Waals surface area contributed by atoms with Crippen LogP contribution in [0.2, 0.25) is 0 Å². The van der Waals surface area contributed by atoms with Gasteiger partial charge in [-0.3, -0.25) is 0 Å². The predicted octanol–water partition coefficient (Wildman–Crippen LogP) is 0.957. The second-order valence-electron chi connectivity index (χ2n) is 4.57. The Kier molecular flexibility index (Phi) is 2.37. The summed E-state index contributed by atoms with van der Waals surface area (Å²) in [5.74, 6) is 2.51. The average molecular weight is 169 g/mol. The van der Waals surface area contributed by atoms with E-state index in [9.17, 15) is 0 Å². The van der Waals surface area contributed by atoms with Gasteiger partial charge in [-0.25, -0.2) is 0 Å². The fraction of sp³-hybridized carbons (Fsp3) is 1.00. The van der Waals surface area contributed by atoms with Gasteiger partial charge >= 0.3 is 0 Å². The summed E-state index contributed by atoms with van der Waals surface area (Å²) in [7, 11) is 0. The molecular weight excluding hydrogens is 150 g/mol. The lowest BCUT2D eigenvalue weighted by Gasteiger charge is -2.14. The Bertz CT molecular complexity index is 160. The summed E-state index contributed by atoms with van der Waals surface area (Å²) in [6.45, 7) is 6.37. The minimum Gasteiger partial charge on any atom is -0.396 e. The molecule has 12 heavy (non-hydrogen) atoms. The molecule has 0 spiro atoms. The Morgan fingerprint density at radius 3 is 2.75 bits per heavy atom. The van der Waals surface area contributed by atoms with Crippen LogP contribution in [0.1, 0.15) is 19.8 Å². The molecule has 1 heterocycles. The topological polar surface area (TPSA) is 23.5 Å². The van der Waals surface area contributed by atoms with Crippen molar-refractivity contribution in [2.24, 2.45) is 17.8 Å². The van der Waals surface area contributed by atoms with Crippen LogP contribution in [0.15, 0.2) is 0 Å². The number of rotatable bonds is 3. The Morgan fingerprint density at radius 2 is 2.25 bits per heavy atom. The van der Waals surface area contributed by atoms with Crippen molar-refractivity contribution in [2.75, 3.05) is 26.2 Å². The molecule has 1 saturated carbocycles. The van der Waals surface area contributed by atoms with Crippen LogP contribution in [0, 0.1) is 17.8 Å². The Labute approximate surface area is 74.6 Å². The van der Waals surface area contributed by atoms with Crippen LogP contribution in [0.3, 0.4) is 0 Å². The number of aliphatic hydroxyl groups is 1. The van der Waals surface area contributed by atoms with Crippen molar-refractivity contribution in [3.63, 3.8) is 0 Å². The van der Waals surface area contributed by atoms with E-state index in [-0.39, 0.29) is 0 Å². The first-order valence-corrected chi connectivity index (χ1v) is 5.13.